The molecule has 1 saturated carbocycles. The number of amides is 2. The van der Waals surface area contributed by atoms with E-state index in [1.807, 2.05) is 12.1 Å². The summed E-state index contributed by atoms with van der Waals surface area (Å²) in [5, 5.41) is 3.47. The van der Waals surface area contributed by atoms with E-state index in [9.17, 15) is 14.4 Å². The van der Waals surface area contributed by atoms with Gasteiger partial charge < -0.3 is 0 Å². The van der Waals surface area contributed by atoms with Crippen LogP contribution in [-0.4, -0.2) is 27.1 Å². The predicted molar refractivity (Wildman–Crippen MR) is 104 cm³/mol. The van der Waals surface area contributed by atoms with Gasteiger partial charge in [-0.05, 0) is 37.1 Å². The van der Waals surface area contributed by atoms with Gasteiger partial charge in [0.05, 0.1) is 16.7 Å². The number of para-hydroxylation sites is 1. The maximum Gasteiger partial charge on any atom is 0.262 e. The molecule has 0 unspecified atom stereocenters. The summed E-state index contributed by atoms with van der Waals surface area (Å²) in [6.45, 7) is 0. The first-order chi connectivity index (χ1) is 13.1. The lowest BCUT2D eigenvalue weighted by Gasteiger charge is -2.12. The highest BCUT2D eigenvalue weighted by molar-refractivity contribution is 7.99. The number of thioether (sulfide) groups is 1. The molecule has 1 N–H and O–H groups in total. The van der Waals surface area contributed by atoms with Crippen molar-refractivity contribution in [2.45, 2.75) is 24.0 Å². The van der Waals surface area contributed by atoms with E-state index in [-0.39, 0.29) is 17.4 Å². The monoisotopic (exact) mass is 379 g/mol. The molecule has 0 bridgehead atoms. The molecule has 1 aliphatic carbocycles. The van der Waals surface area contributed by atoms with Crippen LogP contribution in [0.3, 0.4) is 0 Å². The Morgan fingerprint density at radius 3 is 2.52 bits per heavy atom. The summed E-state index contributed by atoms with van der Waals surface area (Å²) < 4.78 is 1.68. The lowest BCUT2D eigenvalue weighted by molar-refractivity contribution is -0.117. The third-order valence-corrected chi connectivity index (χ3v) is 5.26. The molecule has 1 fully saturated rings. The number of rotatable bonds is 5. The molecule has 0 saturated heterocycles. The number of nitrogens with one attached hydrogen (secondary N) is 1. The van der Waals surface area contributed by atoms with E-state index in [1.54, 1.807) is 47.0 Å². The maximum atomic E-state index is 12.8. The predicted octanol–water partition coefficient (Wildman–Crippen LogP) is 2.78. The maximum absolute atomic E-state index is 12.8. The summed E-state index contributed by atoms with van der Waals surface area (Å²) >= 11 is 1.18. The Labute approximate surface area is 159 Å². The highest BCUT2D eigenvalue weighted by Crippen LogP contribution is 2.36. The van der Waals surface area contributed by atoms with E-state index in [1.165, 1.54) is 11.8 Å². The third-order valence-electron chi connectivity index (χ3n) is 4.31. The zero-order valence-electron chi connectivity index (χ0n) is 14.4. The molecule has 7 heteroatoms. The molecule has 136 valence electrons. The minimum absolute atomic E-state index is 0.00999. The summed E-state index contributed by atoms with van der Waals surface area (Å²) in [4.78, 5) is 41.6. The van der Waals surface area contributed by atoms with Gasteiger partial charge in [0.2, 0.25) is 5.91 Å². The van der Waals surface area contributed by atoms with Gasteiger partial charge in [0.25, 0.3) is 11.5 Å². The van der Waals surface area contributed by atoms with Crippen LogP contribution in [0.4, 0.5) is 0 Å². The van der Waals surface area contributed by atoms with Crippen molar-refractivity contribution >= 4 is 34.5 Å². The topological polar surface area (TPSA) is 81.1 Å². The number of carbonyl (C=O) groups is 2. The molecule has 3 aromatic rings. The average molecular weight is 379 g/mol. The van der Waals surface area contributed by atoms with E-state index in [4.69, 9.17) is 0 Å². The molecular weight excluding hydrogens is 362 g/mol. The number of aromatic nitrogens is 2. The molecule has 6 nitrogen and oxygen atoms in total. The van der Waals surface area contributed by atoms with Crippen molar-refractivity contribution < 1.29 is 9.59 Å². The number of nitrogens with zero attached hydrogens (tertiary/aromatic N) is 2. The Morgan fingerprint density at radius 1 is 1.07 bits per heavy atom. The van der Waals surface area contributed by atoms with Crippen molar-refractivity contribution in [3.8, 4) is 0 Å². The Morgan fingerprint density at radius 2 is 1.78 bits per heavy atom. The molecule has 2 aromatic carbocycles. The largest absolute Gasteiger partial charge is 0.292 e. The molecule has 0 aliphatic heterocycles. The molecule has 0 spiro atoms. The van der Waals surface area contributed by atoms with E-state index in [0.717, 1.165) is 12.8 Å². The van der Waals surface area contributed by atoms with Crippen molar-refractivity contribution in [1.29, 1.82) is 0 Å². The van der Waals surface area contributed by atoms with Gasteiger partial charge in [0.1, 0.15) is 0 Å². The van der Waals surface area contributed by atoms with Crippen LogP contribution in [0.15, 0.2) is 64.5 Å². The second-order valence-corrected chi connectivity index (χ2v) is 7.29. The smallest absolute Gasteiger partial charge is 0.262 e. The molecule has 1 aromatic heterocycles. The van der Waals surface area contributed by atoms with E-state index < -0.39 is 11.8 Å². The van der Waals surface area contributed by atoms with Crippen LogP contribution >= 0.6 is 11.8 Å². The van der Waals surface area contributed by atoms with Gasteiger partial charge in [0.15, 0.2) is 5.16 Å². The molecular formula is C20H17N3O3S. The molecule has 1 aliphatic rings. The standard InChI is InChI=1S/C20H17N3O3S/c24-17(22-18(25)13-6-2-1-3-7-13)12-27-20-21-16-9-5-4-8-15(16)19(26)23(20)14-10-11-14/h1-9,14H,10-12H2,(H,22,24,25). The lowest BCUT2D eigenvalue weighted by Crippen LogP contribution is -2.32. The van der Waals surface area contributed by atoms with Gasteiger partial charge in [-0.25, -0.2) is 4.98 Å². The highest BCUT2D eigenvalue weighted by Gasteiger charge is 2.28. The number of benzene rings is 2. The zero-order chi connectivity index (χ0) is 18.8. The Kier molecular flexibility index (Phi) is 4.77. The van der Waals surface area contributed by atoms with Crippen molar-refractivity contribution in [1.82, 2.24) is 14.9 Å². The van der Waals surface area contributed by atoms with Crippen LogP contribution in [0.2, 0.25) is 0 Å². The molecule has 27 heavy (non-hydrogen) atoms. The first-order valence-electron chi connectivity index (χ1n) is 8.67. The van der Waals surface area contributed by atoms with Crippen LogP contribution in [-0.2, 0) is 4.79 Å². The summed E-state index contributed by atoms with van der Waals surface area (Å²) in [6.07, 6.45) is 1.87. The first-order valence-corrected chi connectivity index (χ1v) is 9.65. The lowest BCUT2D eigenvalue weighted by atomic mass is 10.2. The number of hydrogen-bond donors (Lipinski definition) is 1. The molecule has 4 rings (SSSR count). The van der Waals surface area contributed by atoms with Crippen molar-refractivity contribution in [3.63, 3.8) is 0 Å². The van der Waals surface area contributed by atoms with Crippen molar-refractivity contribution in [2.75, 3.05) is 5.75 Å². The fraction of sp³-hybridized carbons (Fsp3) is 0.200. The first kappa shape index (κ1) is 17.5. The zero-order valence-corrected chi connectivity index (χ0v) is 15.2. The van der Waals surface area contributed by atoms with Gasteiger partial charge >= 0.3 is 0 Å². The number of hydrogen-bond acceptors (Lipinski definition) is 5. The summed E-state index contributed by atoms with van der Waals surface area (Å²) in [6, 6.07) is 15.9. The second-order valence-electron chi connectivity index (χ2n) is 6.35. The molecule has 2 amide bonds. The fourth-order valence-electron chi connectivity index (χ4n) is 2.84. The van der Waals surface area contributed by atoms with Gasteiger partial charge in [-0.2, -0.15) is 0 Å². The third kappa shape index (κ3) is 3.78. The average Bonchev–Trinajstić information content (AvgIpc) is 3.52. The SMILES string of the molecule is O=C(CSc1nc2ccccc2c(=O)n1C1CC1)NC(=O)c1ccccc1. The van der Waals surface area contributed by atoms with Crippen molar-refractivity contribution in [3.05, 3.63) is 70.5 Å². The van der Waals surface area contributed by atoms with Gasteiger partial charge in [-0.15, -0.1) is 0 Å². The molecule has 1 heterocycles. The van der Waals surface area contributed by atoms with Crippen molar-refractivity contribution in [2.24, 2.45) is 0 Å². The van der Waals surface area contributed by atoms with Crippen LogP contribution in [0.25, 0.3) is 10.9 Å². The Hall–Kier alpha value is -2.93. The second kappa shape index (κ2) is 7.36. The minimum atomic E-state index is -0.438. The summed E-state index contributed by atoms with van der Waals surface area (Å²) in [5.74, 6) is -0.846. The van der Waals surface area contributed by atoms with E-state index in [0.29, 0.717) is 21.6 Å². The quantitative estimate of drug-likeness (QED) is 0.545. The van der Waals surface area contributed by atoms with Crippen LogP contribution in [0.5, 0.6) is 0 Å². The number of imide groups is 1. The molecule has 0 atom stereocenters. The fourth-order valence-corrected chi connectivity index (χ4v) is 3.70. The highest BCUT2D eigenvalue weighted by atomic mass is 32.2. The van der Waals surface area contributed by atoms with E-state index in [2.05, 4.69) is 10.3 Å². The van der Waals surface area contributed by atoms with Gasteiger partial charge in [-0.1, -0.05) is 42.1 Å². The summed E-state index contributed by atoms with van der Waals surface area (Å²) in [7, 11) is 0. The molecule has 0 radical (unpaired) electrons. The summed E-state index contributed by atoms with van der Waals surface area (Å²) in [5.41, 5.74) is 0.962. The number of fused-ring (bicyclic) bond motifs is 1. The van der Waals surface area contributed by atoms with Crippen LogP contribution < -0.4 is 10.9 Å². The Bertz CT molecular complexity index is 1070. The minimum Gasteiger partial charge on any atom is -0.292 e. The van der Waals surface area contributed by atoms with Gasteiger partial charge in [0, 0.05) is 11.6 Å². The van der Waals surface area contributed by atoms with Crippen LogP contribution in [0.1, 0.15) is 29.2 Å². The van der Waals surface area contributed by atoms with Gasteiger partial charge in [-0.3, -0.25) is 24.3 Å². The number of carbonyl (C=O) groups excluding carboxylic acids is 2. The van der Waals surface area contributed by atoms with Crippen LogP contribution in [0, 0.1) is 0 Å². The normalized spacial score (nSPS) is 13.5. The van der Waals surface area contributed by atoms with E-state index >= 15 is 0 Å². The Balaban J connectivity index is 1.52.